The molecule has 0 bridgehead atoms. The van der Waals surface area contributed by atoms with Crippen molar-refractivity contribution in [2.75, 3.05) is 26.6 Å². The van der Waals surface area contributed by atoms with E-state index in [4.69, 9.17) is 14.2 Å². The number of anilines is 1. The molecule has 7 heteroatoms. The Bertz CT molecular complexity index is 500. The third-order valence-corrected chi connectivity index (χ3v) is 2.88. The SMILES string of the molecule is CNC(=O)Oc1cccc(NC(=O)CC(C)(OC)OC)c1. The molecule has 0 saturated carbocycles. The zero-order valence-corrected chi connectivity index (χ0v) is 12.6. The van der Waals surface area contributed by atoms with E-state index in [0.29, 0.717) is 11.4 Å². The number of rotatable bonds is 6. The lowest BCUT2D eigenvalue weighted by Crippen LogP contribution is -2.34. The van der Waals surface area contributed by atoms with Crippen LogP contribution >= 0.6 is 0 Å². The van der Waals surface area contributed by atoms with Crippen molar-refractivity contribution in [1.82, 2.24) is 5.32 Å². The molecule has 1 rings (SSSR count). The minimum absolute atomic E-state index is 0.0283. The molecule has 7 nitrogen and oxygen atoms in total. The van der Waals surface area contributed by atoms with Gasteiger partial charge in [0.2, 0.25) is 5.91 Å². The average molecular weight is 296 g/mol. The smallest absolute Gasteiger partial charge is 0.410 e. The molecule has 2 N–H and O–H groups in total. The van der Waals surface area contributed by atoms with Crippen LogP contribution in [0.5, 0.6) is 5.75 Å². The Morgan fingerprint density at radius 3 is 2.48 bits per heavy atom. The largest absolute Gasteiger partial charge is 0.412 e. The Hall–Kier alpha value is -2.12. The minimum Gasteiger partial charge on any atom is -0.410 e. The summed E-state index contributed by atoms with van der Waals surface area (Å²) in [5.74, 6) is -0.938. The molecule has 0 aliphatic carbocycles. The van der Waals surface area contributed by atoms with E-state index >= 15 is 0 Å². The van der Waals surface area contributed by atoms with Crippen LogP contribution in [0.15, 0.2) is 24.3 Å². The first kappa shape index (κ1) is 16.9. The fourth-order valence-electron chi connectivity index (χ4n) is 1.52. The Kier molecular flexibility index (Phi) is 6.13. The van der Waals surface area contributed by atoms with Crippen LogP contribution in [0.2, 0.25) is 0 Å². The Balaban J connectivity index is 2.68. The topological polar surface area (TPSA) is 85.9 Å². The van der Waals surface area contributed by atoms with Gasteiger partial charge in [-0.15, -0.1) is 0 Å². The monoisotopic (exact) mass is 296 g/mol. The molecule has 0 saturated heterocycles. The van der Waals surface area contributed by atoms with Gasteiger partial charge in [-0.3, -0.25) is 4.79 Å². The zero-order valence-electron chi connectivity index (χ0n) is 12.6. The van der Waals surface area contributed by atoms with E-state index < -0.39 is 11.9 Å². The van der Waals surface area contributed by atoms with Gasteiger partial charge in [0, 0.05) is 33.0 Å². The van der Waals surface area contributed by atoms with E-state index in [2.05, 4.69) is 10.6 Å². The molecular formula is C14H20N2O5. The first-order valence-corrected chi connectivity index (χ1v) is 6.32. The van der Waals surface area contributed by atoms with Crippen molar-refractivity contribution in [3.63, 3.8) is 0 Å². The molecule has 0 heterocycles. The number of amides is 2. The number of nitrogens with one attached hydrogen (secondary N) is 2. The van der Waals surface area contributed by atoms with Crippen LogP contribution in [-0.4, -0.2) is 39.1 Å². The van der Waals surface area contributed by atoms with Gasteiger partial charge in [0.25, 0.3) is 0 Å². The molecule has 21 heavy (non-hydrogen) atoms. The first-order valence-electron chi connectivity index (χ1n) is 6.32. The van der Waals surface area contributed by atoms with Crippen LogP contribution in [-0.2, 0) is 14.3 Å². The second-order valence-electron chi connectivity index (χ2n) is 4.43. The summed E-state index contributed by atoms with van der Waals surface area (Å²) in [6.45, 7) is 1.66. The van der Waals surface area contributed by atoms with Gasteiger partial charge in [-0.2, -0.15) is 0 Å². The third kappa shape index (κ3) is 5.41. The number of carbonyl (C=O) groups is 2. The van der Waals surface area contributed by atoms with Crippen molar-refractivity contribution >= 4 is 17.7 Å². The molecule has 0 atom stereocenters. The fourth-order valence-corrected chi connectivity index (χ4v) is 1.52. The molecule has 0 spiro atoms. The molecular weight excluding hydrogens is 276 g/mol. The van der Waals surface area contributed by atoms with Gasteiger partial charge in [-0.05, 0) is 19.1 Å². The van der Waals surface area contributed by atoms with Crippen molar-refractivity contribution in [2.45, 2.75) is 19.1 Å². The summed E-state index contributed by atoms with van der Waals surface area (Å²) in [6.07, 6.45) is -0.551. The summed E-state index contributed by atoms with van der Waals surface area (Å²) >= 11 is 0. The van der Waals surface area contributed by atoms with Crippen molar-refractivity contribution in [2.24, 2.45) is 0 Å². The van der Waals surface area contributed by atoms with Gasteiger partial charge in [0.1, 0.15) is 5.75 Å². The highest BCUT2D eigenvalue weighted by Gasteiger charge is 2.26. The summed E-state index contributed by atoms with van der Waals surface area (Å²) in [5, 5.41) is 5.03. The molecule has 0 fully saturated rings. The van der Waals surface area contributed by atoms with Gasteiger partial charge < -0.3 is 24.8 Å². The average Bonchev–Trinajstić information content (AvgIpc) is 2.47. The fraction of sp³-hybridized carbons (Fsp3) is 0.429. The lowest BCUT2D eigenvalue weighted by atomic mass is 10.2. The van der Waals surface area contributed by atoms with E-state index in [-0.39, 0.29) is 12.3 Å². The van der Waals surface area contributed by atoms with Gasteiger partial charge in [0.15, 0.2) is 5.79 Å². The number of benzene rings is 1. The van der Waals surface area contributed by atoms with Crippen LogP contribution in [0.3, 0.4) is 0 Å². The van der Waals surface area contributed by atoms with Crippen LogP contribution in [0.25, 0.3) is 0 Å². The molecule has 0 aliphatic heterocycles. The summed E-state index contributed by atoms with van der Waals surface area (Å²) in [5.41, 5.74) is 0.510. The summed E-state index contributed by atoms with van der Waals surface area (Å²) in [4.78, 5) is 23.1. The van der Waals surface area contributed by atoms with Crippen molar-refractivity contribution in [1.29, 1.82) is 0 Å². The maximum absolute atomic E-state index is 11.9. The first-order chi connectivity index (χ1) is 9.92. The highest BCUT2D eigenvalue weighted by atomic mass is 16.7. The number of hydrogen-bond donors (Lipinski definition) is 2. The van der Waals surface area contributed by atoms with E-state index in [1.165, 1.54) is 21.3 Å². The lowest BCUT2D eigenvalue weighted by Gasteiger charge is -2.25. The van der Waals surface area contributed by atoms with E-state index in [1.54, 1.807) is 31.2 Å². The van der Waals surface area contributed by atoms with Crippen molar-refractivity contribution in [3.05, 3.63) is 24.3 Å². The molecule has 0 aromatic heterocycles. The van der Waals surface area contributed by atoms with E-state index in [0.717, 1.165) is 0 Å². The van der Waals surface area contributed by atoms with Crippen LogP contribution in [0.1, 0.15) is 13.3 Å². The Morgan fingerprint density at radius 1 is 1.24 bits per heavy atom. The minimum atomic E-state index is -0.986. The van der Waals surface area contributed by atoms with Crippen molar-refractivity contribution < 1.29 is 23.8 Å². The number of hydrogen-bond acceptors (Lipinski definition) is 5. The number of carbonyl (C=O) groups excluding carboxylic acids is 2. The van der Waals surface area contributed by atoms with Crippen LogP contribution in [0, 0.1) is 0 Å². The maximum atomic E-state index is 11.9. The molecule has 2 amide bonds. The molecule has 0 aliphatic rings. The molecule has 1 aromatic carbocycles. The molecule has 1 aromatic rings. The van der Waals surface area contributed by atoms with Gasteiger partial charge in [-0.25, -0.2) is 4.79 Å². The maximum Gasteiger partial charge on any atom is 0.412 e. The normalized spacial score (nSPS) is 10.9. The van der Waals surface area contributed by atoms with E-state index in [9.17, 15) is 9.59 Å². The van der Waals surface area contributed by atoms with Gasteiger partial charge in [-0.1, -0.05) is 6.07 Å². The standard InChI is InChI=1S/C14H20N2O5/c1-14(19-3,20-4)9-12(17)16-10-6-5-7-11(8-10)21-13(18)15-2/h5-8H,9H2,1-4H3,(H,15,18)(H,16,17). The van der Waals surface area contributed by atoms with Crippen molar-refractivity contribution in [3.8, 4) is 5.75 Å². The Labute approximate surface area is 123 Å². The highest BCUT2D eigenvalue weighted by molar-refractivity contribution is 5.91. The second kappa shape index (κ2) is 7.61. The van der Waals surface area contributed by atoms with Gasteiger partial charge in [0.05, 0.1) is 6.42 Å². The zero-order chi connectivity index (χ0) is 15.9. The third-order valence-electron chi connectivity index (χ3n) is 2.88. The summed E-state index contributed by atoms with van der Waals surface area (Å²) in [6, 6.07) is 6.51. The predicted octanol–water partition coefficient (Wildman–Crippen LogP) is 1.74. The predicted molar refractivity (Wildman–Crippen MR) is 77.2 cm³/mol. The molecule has 116 valence electrons. The van der Waals surface area contributed by atoms with Crippen LogP contribution in [0.4, 0.5) is 10.5 Å². The quantitative estimate of drug-likeness (QED) is 0.781. The lowest BCUT2D eigenvalue weighted by molar-refractivity contribution is -0.196. The highest BCUT2D eigenvalue weighted by Crippen LogP contribution is 2.20. The second-order valence-corrected chi connectivity index (χ2v) is 4.43. The molecule has 0 unspecified atom stereocenters. The van der Waals surface area contributed by atoms with E-state index in [1.807, 2.05) is 0 Å². The Morgan fingerprint density at radius 2 is 1.90 bits per heavy atom. The molecule has 0 radical (unpaired) electrons. The number of ether oxygens (including phenoxy) is 3. The number of methoxy groups -OCH3 is 2. The van der Waals surface area contributed by atoms with Crippen LogP contribution < -0.4 is 15.4 Å². The summed E-state index contributed by atoms with van der Waals surface area (Å²) < 4.78 is 15.2. The summed E-state index contributed by atoms with van der Waals surface area (Å²) in [7, 11) is 4.40. The van der Waals surface area contributed by atoms with Gasteiger partial charge >= 0.3 is 6.09 Å².